The number of hydrogen-bond acceptors (Lipinski definition) is 1. The maximum Gasteiger partial charge on any atom is 0.144 e. The topological polar surface area (TPSA) is 33.0 Å². The van der Waals surface area contributed by atoms with E-state index in [0.29, 0.717) is 11.4 Å². The van der Waals surface area contributed by atoms with Gasteiger partial charge in [-0.25, -0.2) is 0 Å². The van der Waals surface area contributed by atoms with E-state index in [9.17, 15) is 0 Å². The lowest BCUT2D eigenvalue weighted by Crippen LogP contribution is -1.86. The summed E-state index contributed by atoms with van der Waals surface area (Å²) in [6, 6.07) is 5.56. The third-order valence-corrected chi connectivity index (χ3v) is 1.45. The van der Waals surface area contributed by atoms with Crippen molar-refractivity contribution in [2.24, 2.45) is 0 Å². The molecule has 0 amide bonds. The number of ether oxygens (including phenoxy) is 1. The van der Waals surface area contributed by atoms with Crippen LogP contribution in [0.4, 0.5) is 5.69 Å². The third-order valence-electron chi connectivity index (χ3n) is 1.45. The molecule has 0 atom stereocenters. The van der Waals surface area contributed by atoms with Gasteiger partial charge in [-0.15, -0.1) is 0 Å². The fraction of sp³-hybridized carbons (Fsp3) is 0.250. The summed E-state index contributed by atoms with van der Waals surface area (Å²) in [5, 5.41) is 0. The van der Waals surface area contributed by atoms with Crippen LogP contribution in [0.3, 0.4) is 0 Å². The van der Waals surface area contributed by atoms with E-state index < -0.39 is 0 Å². The van der Waals surface area contributed by atoms with Crippen LogP contribution in [0.15, 0.2) is 18.2 Å². The molecule has 1 aromatic rings. The lowest BCUT2D eigenvalue weighted by molar-refractivity contribution is 0.415. The molecule has 0 bridgehead atoms. The van der Waals surface area contributed by atoms with E-state index >= 15 is 0 Å². The average Bonchev–Trinajstić information content (AvgIpc) is 1.95. The van der Waals surface area contributed by atoms with E-state index in [-0.39, 0.29) is 0 Å². The van der Waals surface area contributed by atoms with Crippen molar-refractivity contribution in [1.82, 2.24) is 5.73 Å². The van der Waals surface area contributed by atoms with Gasteiger partial charge >= 0.3 is 0 Å². The molecule has 0 aromatic heterocycles. The summed E-state index contributed by atoms with van der Waals surface area (Å²) in [6.07, 6.45) is 0. The maximum atomic E-state index is 7.47. The SMILES string of the molecule is COc1cccc(C)c1[NH]. The summed E-state index contributed by atoms with van der Waals surface area (Å²) in [5.41, 5.74) is 8.89. The lowest BCUT2D eigenvalue weighted by Gasteiger charge is -2.03. The summed E-state index contributed by atoms with van der Waals surface area (Å²) < 4.78 is 4.94. The van der Waals surface area contributed by atoms with Crippen LogP contribution in [-0.4, -0.2) is 7.11 Å². The van der Waals surface area contributed by atoms with Crippen LogP contribution >= 0.6 is 0 Å². The number of nitrogens with one attached hydrogen (secondary N) is 1. The first-order valence-electron chi connectivity index (χ1n) is 3.11. The Morgan fingerprint density at radius 1 is 1.40 bits per heavy atom. The van der Waals surface area contributed by atoms with Crippen molar-refractivity contribution in [1.29, 1.82) is 0 Å². The molecule has 1 N–H and O–H groups in total. The third kappa shape index (κ3) is 1.05. The van der Waals surface area contributed by atoms with Crippen LogP contribution in [0, 0.1) is 6.92 Å². The van der Waals surface area contributed by atoms with Crippen molar-refractivity contribution < 1.29 is 4.74 Å². The Labute approximate surface area is 60.6 Å². The summed E-state index contributed by atoms with van der Waals surface area (Å²) >= 11 is 0. The standard InChI is InChI=1S/C8H10NO/c1-6-4-3-5-7(10-2)8(6)9/h3-5,9H,1-2H3. The molecule has 10 heavy (non-hydrogen) atoms. The number of rotatable bonds is 1. The summed E-state index contributed by atoms with van der Waals surface area (Å²) in [5.74, 6) is 0.639. The van der Waals surface area contributed by atoms with Crippen LogP contribution in [0.5, 0.6) is 5.75 Å². The highest BCUT2D eigenvalue weighted by atomic mass is 16.5. The monoisotopic (exact) mass is 136 g/mol. The highest BCUT2D eigenvalue weighted by molar-refractivity contribution is 5.54. The van der Waals surface area contributed by atoms with Gasteiger partial charge in [0.1, 0.15) is 5.75 Å². The first-order chi connectivity index (χ1) is 4.75. The van der Waals surface area contributed by atoms with Gasteiger partial charge in [0.05, 0.1) is 12.8 Å². The minimum absolute atomic E-state index is 0.477. The molecule has 53 valence electrons. The Bertz CT molecular complexity index is 233. The fourth-order valence-corrected chi connectivity index (χ4v) is 0.811. The van der Waals surface area contributed by atoms with Gasteiger partial charge in [0.25, 0.3) is 0 Å². The first-order valence-corrected chi connectivity index (χ1v) is 3.11. The Morgan fingerprint density at radius 2 is 2.10 bits per heavy atom. The first kappa shape index (κ1) is 6.93. The molecule has 2 heteroatoms. The Balaban J connectivity index is 3.14. The van der Waals surface area contributed by atoms with Crippen molar-refractivity contribution in [3.05, 3.63) is 23.8 Å². The summed E-state index contributed by atoms with van der Waals surface area (Å²) in [7, 11) is 1.58. The molecule has 1 radical (unpaired) electrons. The highest BCUT2D eigenvalue weighted by Gasteiger charge is 1.99. The smallest absolute Gasteiger partial charge is 0.144 e. The van der Waals surface area contributed by atoms with Gasteiger partial charge in [-0.1, -0.05) is 12.1 Å². The second kappa shape index (κ2) is 2.60. The molecule has 0 heterocycles. The van der Waals surface area contributed by atoms with Crippen molar-refractivity contribution in [3.8, 4) is 5.75 Å². The van der Waals surface area contributed by atoms with E-state index in [4.69, 9.17) is 10.5 Å². The van der Waals surface area contributed by atoms with Crippen molar-refractivity contribution in [3.63, 3.8) is 0 Å². The Hall–Kier alpha value is -1.18. The predicted molar refractivity (Wildman–Crippen MR) is 40.5 cm³/mol. The zero-order valence-electron chi connectivity index (χ0n) is 6.14. The second-order valence-corrected chi connectivity index (χ2v) is 2.15. The van der Waals surface area contributed by atoms with Gasteiger partial charge < -0.3 is 4.74 Å². The molecule has 2 nitrogen and oxygen atoms in total. The lowest BCUT2D eigenvalue weighted by atomic mass is 10.2. The van der Waals surface area contributed by atoms with E-state index in [0.717, 1.165) is 5.56 Å². The van der Waals surface area contributed by atoms with Gasteiger partial charge in [-0.05, 0) is 18.6 Å². The number of benzene rings is 1. The van der Waals surface area contributed by atoms with Crippen LogP contribution in [-0.2, 0) is 0 Å². The molecule has 0 aliphatic carbocycles. The van der Waals surface area contributed by atoms with Gasteiger partial charge in [-0.3, -0.25) is 5.73 Å². The quantitative estimate of drug-likeness (QED) is 0.580. The molecule has 0 fully saturated rings. The number of hydrogen-bond donors (Lipinski definition) is 0. The molecular weight excluding hydrogens is 126 g/mol. The Morgan fingerprint density at radius 3 is 2.60 bits per heavy atom. The predicted octanol–water partition coefficient (Wildman–Crippen LogP) is 1.92. The minimum Gasteiger partial charge on any atom is -0.495 e. The second-order valence-electron chi connectivity index (χ2n) is 2.15. The minimum atomic E-state index is 0.477. The van der Waals surface area contributed by atoms with Crippen molar-refractivity contribution in [2.75, 3.05) is 7.11 Å². The maximum absolute atomic E-state index is 7.47. The molecule has 0 aliphatic rings. The van der Waals surface area contributed by atoms with Crippen molar-refractivity contribution in [2.45, 2.75) is 6.92 Å². The van der Waals surface area contributed by atoms with E-state index in [1.807, 2.05) is 19.1 Å². The van der Waals surface area contributed by atoms with E-state index in [1.54, 1.807) is 13.2 Å². The van der Waals surface area contributed by atoms with Gasteiger partial charge in [-0.2, -0.15) is 0 Å². The molecule has 0 saturated heterocycles. The van der Waals surface area contributed by atoms with Crippen LogP contribution in [0.25, 0.3) is 0 Å². The highest BCUT2D eigenvalue weighted by Crippen LogP contribution is 2.24. The Kier molecular flexibility index (Phi) is 1.81. The molecule has 0 saturated carbocycles. The van der Waals surface area contributed by atoms with E-state index in [2.05, 4.69) is 0 Å². The molecule has 0 spiro atoms. The van der Waals surface area contributed by atoms with Crippen LogP contribution < -0.4 is 10.5 Å². The molecule has 1 aromatic carbocycles. The normalized spacial score (nSPS) is 9.40. The summed E-state index contributed by atoms with van der Waals surface area (Å²) in [6.45, 7) is 1.89. The fourth-order valence-electron chi connectivity index (χ4n) is 0.811. The zero-order valence-corrected chi connectivity index (χ0v) is 6.14. The van der Waals surface area contributed by atoms with Crippen molar-refractivity contribution >= 4 is 5.69 Å². The van der Waals surface area contributed by atoms with Gasteiger partial charge in [0.2, 0.25) is 0 Å². The van der Waals surface area contributed by atoms with Crippen LogP contribution in [0.1, 0.15) is 5.56 Å². The molecule has 0 aliphatic heterocycles. The number of aryl methyl sites for hydroxylation is 1. The van der Waals surface area contributed by atoms with E-state index in [1.165, 1.54) is 0 Å². The number of methoxy groups -OCH3 is 1. The van der Waals surface area contributed by atoms with Gasteiger partial charge in [0, 0.05) is 0 Å². The summed E-state index contributed by atoms with van der Waals surface area (Å²) in [4.78, 5) is 0. The largest absolute Gasteiger partial charge is 0.495 e. The molecule has 1 rings (SSSR count). The average molecular weight is 136 g/mol. The molecular formula is C8H10NO. The molecule has 0 unspecified atom stereocenters. The van der Waals surface area contributed by atoms with Gasteiger partial charge in [0.15, 0.2) is 0 Å². The zero-order chi connectivity index (χ0) is 7.56. The van der Waals surface area contributed by atoms with Crippen LogP contribution in [0.2, 0.25) is 0 Å².